The molecule has 0 aliphatic rings. The van der Waals surface area contributed by atoms with Crippen LogP contribution in [0, 0.1) is 10.7 Å². The van der Waals surface area contributed by atoms with E-state index in [1.54, 1.807) is 0 Å². The molecule has 1 aromatic carbocycles. The first-order chi connectivity index (χ1) is 7.97. The minimum atomic E-state index is -0.156. The summed E-state index contributed by atoms with van der Waals surface area (Å²) < 4.78 is 8.17. The predicted octanol–water partition coefficient (Wildman–Crippen LogP) is 3.58. The van der Waals surface area contributed by atoms with Gasteiger partial charge in [0, 0.05) is 17.1 Å². The number of nitrogens with two attached hydrogens (primary N) is 1. The van der Waals surface area contributed by atoms with Gasteiger partial charge >= 0.3 is 5.97 Å². The van der Waals surface area contributed by atoms with Crippen molar-refractivity contribution < 1.29 is 9.53 Å². The van der Waals surface area contributed by atoms with Crippen LogP contribution >= 0.6 is 67.8 Å². The van der Waals surface area contributed by atoms with E-state index in [-0.39, 0.29) is 5.97 Å². The van der Waals surface area contributed by atoms with E-state index < -0.39 is 0 Å². The minimum absolute atomic E-state index is 0.156. The van der Waals surface area contributed by atoms with E-state index in [1.165, 1.54) is 0 Å². The van der Waals surface area contributed by atoms with Gasteiger partial charge in [0.2, 0.25) is 0 Å². The number of rotatable bonds is 4. The van der Waals surface area contributed by atoms with Gasteiger partial charge in [-0.2, -0.15) is 0 Å². The summed E-state index contributed by atoms with van der Waals surface area (Å²) in [4.78, 5) is 11.3. The van der Waals surface area contributed by atoms with Crippen LogP contribution in [-0.4, -0.2) is 12.6 Å². The Hall–Kier alpha value is 0.680. The molecule has 0 aliphatic heterocycles. The largest absolute Gasteiger partial charge is 0.466 e. The molecule has 17 heavy (non-hydrogen) atoms. The Morgan fingerprint density at radius 2 is 2.00 bits per heavy atom. The number of anilines is 1. The first kappa shape index (κ1) is 15.7. The average molecular weight is 571 g/mol. The number of carbonyl (C=O) groups is 1. The maximum atomic E-state index is 11.3. The standard InChI is InChI=1S/C11H12I3NO2/c1-2-17-9(16)4-3-6-7(12)5-8(13)11(15)10(6)14/h5H,2-4,15H2,1H3. The van der Waals surface area contributed by atoms with E-state index >= 15 is 0 Å². The molecule has 0 radical (unpaired) electrons. The number of hydrogen-bond acceptors (Lipinski definition) is 3. The van der Waals surface area contributed by atoms with Crippen LogP contribution in [0.1, 0.15) is 18.9 Å². The number of halogens is 3. The molecule has 0 saturated carbocycles. The maximum absolute atomic E-state index is 11.3. The summed E-state index contributed by atoms with van der Waals surface area (Å²) in [5, 5.41) is 0. The fraction of sp³-hybridized carbons (Fsp3) is 0.364. The van der Waals surface area contributed by atoms with Gasteiger partial charge in [0.05, 0.1) is 12.3 Å². The van der Waals surface area contributed by atoms with Gasteiger partial charge in [-0.05, 0) is 92.7 Å². The molecule has 0 fully saturated rings. The molecule has 0 spiro atoms. The summed E-state index contributed by atoms with van der Waals surface area (Å²) in [6, 6.07) is 2.04. The van der Waals surface area contributed by atoms with Crippen LogP contribution in [0.3, 0.4) is 0 Å². The number of benzene rings is 1. The number of ether oxygens (including phenoxy) is 1. The van der Waals surface area contributed by atoms with Crippen molar-refractivity contribution in [3.05, 3.63) is 22.3 Å². The average Bonchev–Trinajstić information content (AvgIpc) is 2.26. The summed E-state index contributed by atoms with van der Waals surface area (Å²) in [6.45, 7) is 2.25. The Kier molecular flexibility index (Phi) is 6.77. The first-order valence-electron chi connectivity index (χ1n) is 5.04. The monoisotopic (exact) mass is 571 g/mol. The summed E-state index contributed by atoms with van der Waals surface area (Å²) in [7, 11) is 0. The van der Waals surface area contributed by atoms with Crippen molar-refractivity contribution in [2.24, 2.45) is 0 Å². The van der Waals surface area contributed by atoms with Crippen LogP contribution in [0.4, 0.5) is 5.69 Å². The van der Waals surface area contributed by atoms with E-state index in [4.69, 9.17) is 10.5 Å². The minimum Gasteiger partial charge on any atom is -0.466 e. The third-order valence-corrected chi connectivity index (χ3v) is 5.27. The van der Waals surface area contributed by atoms with Gasteiger partial charge < -0.3 is 10.5 Å². The highest BCUT2D eigenvalue weighted by atomic mass is 127. The third-order valence-electron chi connectivity index (χ3n) is 2.18. The van der Waals surface area contributed by atoms with Gasteiger partial charge in [-0.15, -0.1) is 0 Å². The van der Waals surface area contributed by atoms with Gasteiger partial charge in [-0.1, -0.05) is 0 Å². The molecule has 0 atom stereocenters. The highest BCUT2D eigenvalue weighted by Gasteiger charge is 2.13. The quantitative estimate of drug-likeness (QED) is 0.342. The predicted molar refractivity (Wildman–Crippen MR) is 94.0 cm³/mol. The lowest BCUT2D eigenvalue weighted by atomic mass is 10.1. The molecule has 3 nitrogen and oxygen atoms in total. The zero-order chi connectivity index (χ0) is 13.0. The van der Waals surface area contributed by atoms with Crippen molar-refractivity contribution in [1.29, 1.82) is 0 Å². The topological polar surface area (TPSA) is 52.3 Å². The van der Waals surface area contributed by atoms with Crippen LogP contribution in [0.5, 0.6) is 0 Å². The van der Waals surface area contributed by atoms with Crippen molar-refractivity contribution in [3.63, 3.8) is 0 Å². The van der Waals surface area contributed by atoms with E-state index in [9.17, 15) is 4.79 Å². The van der Waals surface area contributed by atoms with Crippen molar-refractivity contribution in [2.45, 2.75) is 19.8 Å². The Morgan fingerprint density at radius 1 is 1.35 bits per heavy atom. The molecule has 0 unspecified atom stereocenters. The van der Waals surface area contributed by atoms with E-state index in [0.29, 0.717) is 19.4 Å². The number of nitrogen functional groups attached to an aromatic ring is 1. The van der Waals surface area contributed by atoms with Crippen LogP contribution in [0.2, 0.25) is 0 Å². The second kappa shape index (κ2) is 7.31. The number of hydrogen-bond donors (Lipinski definition) is 1. The highest BCUT2D eigenvalue weighted by Crippen LogP contribution is 2.30. The van der Waals surface area contributed by atoms with Crippen molar-refractivity contribution in [1.82, 2.24) is 0 Å². The third kappa shape index (κ3) is 4.37. The van der Waals surface area contributed by atoms with Gasteiger partial charge in [0.25, 0.3) is 0 Å². The van der Waals surface area contributed by atoms with Gasteiger partial charge in [-0.3, -0.25) is 4.79 Å². The second-order valence-corrected chi connectivity index (χ2v) is 6.75. The van der Waals surface area contributed by atoms with Crippen molar-refractivity contribution >= 4 is 79.4 Å². The molecule has 6 heteroatoms. The molecule has 0 bridgehead atoms. The van der Waals surface area contributed by atoms with E-state index in [1.807, 2.05) is 13.0 Å². The molecule has 0 aromatic heterocycles. The van der Waals surface area contributed by atoms with E-state index in [2.05, 4.69) is 67.8 Å². The lowest BCUT2D eigenvalue weighted by Gasteiger charge is -2.11. The summed E-state index contributed by atoms with van der Waals surface area (Å²) in [6.07, 6.45) is 1.08. The Balaban J connectivity index is 2.85. The molecule has 94 valence electrons. The number of esters is 1. The van der Waals surface area contributed by atoms with E-state index in [0.717, 1.165) is 22.0 Å². The molecular formula is C11H12I3NO2. The van der Waals surface area contributed by atoms with Crippen molar-refractivity contribution in [2.75, 3.05) is 12.3 Å². The lowest BCUT2D eigenvalue weighted by Crippen LogP contribution is -2.08. The summed E-state index contributed by atoms with van der Waals surface area (Å²) in [5.74, 6) is -0.156. The van der Waals surface area contributed by atoms with Crippen molar-refractivity contribution in [3.8, 4) is 0 Å². The molecule has 0 heterocycles. The molecule has 1 aromatic rings. The summed E-state index contributed by atoms with van der Waals surface area (Å²) in [5.41, 5.74) is 7.92. The number of carbonyl (C=O) groups excluding carboxylic acids is 1. The van der Waals surface area contributed by atoms with Crippen LogP contribution in [0.25, 0.3) is 0 Å². The Morgan fingerprint density at radius 3 is 2.59 bits per heavy atom. The lowest BCUT2D eigenvalue weighted by molar-refractivity contribution is -0.143. The molecule has 0 amide bonds. The molecule has 0 saturated heterocycles. The van der Waals surface area contributed by atoms with Gasteiger partial charge in [0.15, 0.2) is 0 Å². The van der Waals surface area contributed by atoms with Gasteiger partial charge in [0.1, 0.15) is 0 Å². The SMILES string of the molecule is CCOC(=O)CCc1c(I)cc(I)c(N)c1I. The molecule has 2 N–H and O–H groups in total. The second-order valence-electron chi connectivity index (χ2n) is 3.35. The Labute approximate surface area is 142 Å². The molecule has 1 rings (SSSR count). The van der Waals surface area contributed by atoms with Crippen LogP contribution < -0.4 is 5.73 Å². The fourth-order valence-corrected chi connectivity index (χ4v) is 5.25. The zero-order valence-corrected chi connectivity index (χ0v) is 15.7. The fourth-order valence-electron chi connectivity index (χ4n) is 1.34. The van der Waals surface area contributed by atoms with Crippen LogP contribution in [-0.2, 0) is 16.0 Å². The normalized spacial score (nSPS) is 10.4. The molecular weight excluding hydrogens is 559 g/mol. The highest BCUT2D eigenvalue weighted by molar-refractivity contribution is 14.1. The van der Waals surface area contributed by atoms with Crippen LogP contribution in [0.15, 0.2) is 6.07 Å². The summed E-state index contributed by atoms with van der Waals surface area (Å²) >= 11 is 6.74. The Bertz CT molecular complexity index is 435. The van der Waals surface area contributed by atoms with Gasteiger partial charge in [-0.25, -0.2) is 0 Å². The molecule has 0 aliphatic carbocycles. The maximum Gasteiger partial charge on any atom is 0.306 e. The smallest absolute Gasteiger partial charge is 0.306 e. The zero-order valence-electron chi connectivity index (χ0n) is 9.23. The first-order valence-corrected chi connectivity index (χ1v) is 8.28.